The van der Waals surface area contributed by atoms with Gasteiger partial charge in [0.1, 0.15) is 0 Å². The smallest absolute Gasteiger partial charge is 0.306 e. The number of hydrogen-bond acceptors (Lipinski definition) is 2. The maximum Gasteiger partial charge on any atom is 0.306 e. The number of likely N-dealkylation sites (tertiary alicyclic amines) is 1. The van der Waals surface area contributed by atoms with Crippen LogP contribution in [-0.2, 0) is 22.4 Å². The number of carbonyl (C=O) groups is 2. The van der Waals surface area contributed by atoms with Gasteiger partial charge in [-0.15, -0.1) is 0 Å². The minimum absolute atomic E-state index is 0.0236. The van der Waals surface area contributed by atoms with Crippen LogP contribution in [-0.4, -0.2) is 35.0 Å². The van der Waals surface area contributed by atoms with Gasteiger partial charge in [0, 0.05) is 19.5 Å². The number of carboxylic acids is 1. The van der Waals surface area contributed by atoms with Crippen LogP contribution < -0.4 is 0 Å². The predicted octanol–water partition coefficient (Wildman–Crippen LogP) is 3.39. The fourth-order valence-electron chi connectivity index (χ4n) is 3.46. The van der Waals surface area contributed by atoms with Crippen LogP contribution in [0.3, 0.4) is 0 Å². The lowest BCUT2D eigenvalue weighted by Gasteiger charge is -2.35. The van der Waals surface area contributed by atoms with Crippen LogP contribution in [0.1, 0.15) is 44.7 Å². The molecule has 1 aliphatic heterocycles. The summed E-state index contributed by atoms with van der Waals surface area (Å²) in [5.41, 5.74) is 2.52. The molecule has 4 nitrogen and oxygen atoms in total. The first-order valence-electron chi connectivity index (χ1n) is 8.95. The Labute approximate surface area is 144 Å². The molecule has 1 aromatic carbocycles. The maximum absolute atomic E-state index is 12.4. The quantitative estimate of drug-likeness (QED) is 0.869. The minimum Gasteiger partial charge on any atom is -0.481 e. The first-order chi connectivity index (χ1) is 11.4. The van der Waals surface area contributed by atoms with Crippen molar-refractivity contribution in [2.75, 3.05) is 13.1 Å². The van der Waals surface area contributed by atoms with E-state index in [1.54, 1.807) is 0 Å². The maximum atomic E-state index is 12.4. The van der Waals surface area contributed by atoms with Gasteiger partial charge in [0.2, 0.25) is 5.91 Å². The van der Waals surface area contributed by atoms with Gasteiger partial charge in [-0.05, 0) is 42.2 Å². The summed E-state index contributed by atoms with van der Waals surface area (Å²) in [6.07, 6.45) is 2.88. The van der Waals surface area contributed by atoms with Crippen molar-refractivity contribution >= 4 is 11.9 Å². The highest BCUT2D eigenvalue weighted by Crippen LogP contribution is 2.24. The molecule has 2 rings (SSSR count). The topological polar surface area (TPSA) is 57.6 Å². The van der Waals surface area contributed by atoms with Crippen LogP contribution >= 0.6 is 0 Å². The van der Waals surface area contributed by atoms with Crippen LogP contribution in [0.25, 0.3) is 0 Å². The Morgan fingerprint density at radius 2 is 1.83 bits per heavy atom. The van der Waals surface area contributed by atoms with Crippen molar-refractivity contribution in [2.24, 2.45) is 17.8 Å². The first-order valence-corrected chi connectivity index (χ1v) is 8.95. The highest BCUT2D eigenvalue weighted by molar-refractivity contribution is 5.77. The summed E-state index contributed by atoms with van der Waals surface area (Å²) in [7, 11) is 0. The Hall–Kier alpha value is -1.84. The van der Waals surface area contributed by atoms with Crippen LogP contribution in [0, 0.1) is 17.8 Å². The number of rotatable bonds is 6. The minimum atomic E-state index is -0.740. The van der Waals surface area contributed by atoms with Crippen molar-refractivity contribution in [2.45, 2.75) is 46.5 Å². The molecular formula is C20H29NO3. The van der Waals surface area contributed by atoms with E-state index >= 15 is 0 Å². The molecule has 1 aliphatic rings. The van der Waals surface area contributed by atoms with E-state index in [0.717, 1.165) is 12.8 Å². The van der Waals surface area contributed by atoms with Crippen molar-refractivity contribution in [3.8, 4) is 0 Å². The second kappa shape index (κ2) is 8.32. The van der Waals surface area contributed by atoms with Crippen LogP contribution in [0.5, 0.6) is 0 Å². The molecule has 132 valence electrons. The average Bonchev–Trinajstić information content (AvgIpc) is 2.53. The van der Waals surface area contributed by atoms with Crippen molar-refractivity contribution in [3.63, 3.8) is 0 Å². The van der Waals surface area contributed by atoms with E-state index in [2.05, 4.69) is 38.1 Å². The van der Waals surface area contributed by atoms with E-state index in [-0.39, 0.29) is 17.7 Å². The summed E-state index contributed by atoms with van der Waals surface area (Å²) in [5, 5.41) is 9.16. The fraction of sp³-hybridized carbons (Fsp3) is 0.600. The molecule has 1 saturated heterocycles. The van der Waals surface area contributed by atoms with Gasteiger partial charge in [-0.25, -0.2) is 0 Å². The van der Waals surface area contributed by atoms with Gasteiger partial charge in [0.05, 0.1) is 5.92 Å². The molecule has 0 aliphatic carbocycles. The number of benzene rings is 1. The molecule has 0 bridgehead atoms. The number of aryl methyl sites for hydroxylation is 1. The van der Waals surface area contributed by atoms with E-state index in [9.17, 15) is 9.59 Å². The molecule has 0 spiro atoms. The fourth-order valence-corrected chi connectivity index (χ4v) is 3.46. The predicted molar refractivity (Wildman–Crippen MR) is 94.8 cm³/mol. The monoisotopic (exact) mass is 331 g/mol. The number of aliphatic carboxylic acids is 1. The number of amides is 1. The summed E-state index contributed by atoms with van der Waals surface area (Å²) in [5.74, 6) is -0.251. The largest absolute Gasteiger partial charge is 0.481 e. The third-order valence-corrected chi connectivity index (χ3v) is 4.87. The van der Waals surface area contributed by atoms with Crippen LogP contribution in [0.4, 0.5) is 0 Å². The Balaban J connectivity index is 1.82. The molecule has 1 fully saturated rings. The van der Waals surface area contributed by atoms with Gasteiger partial charge in [-0.1, -0.05) is 45.0 Å². The summed E-state index contributed by atoms with van der Waals surface area (Å²) in [4.78, 5) is 25.4. The molecule has 1 heterocycles. The second-order valence-electron chi connectivity index (χ2n) is 7.46. The number of hydrogen-bond donors (Lipinski definition) is 1. The third-order valence-electron chi connectivity index (χ3n) is 4.87. The lowest BCUT2D eigenvalue weighted by atomic mass is 9.87. The standard InChI is InChI=1S/C20H29NO3/c1-14(2)12-17-6-4-16(5-7-17)8-9-19(22)21-11-10-18(20(23)24)15(3)13-21/h4-7,14-15,18H,8-13H2,1-3H3,(H,23,24). The van der Waals surface area contributed by atoms with Crippen LogP contribution in [0.15, 0.2) is 24.3 Å². The highest BCUT2D eigenvalue weighted by Gasteiger charge is 2.32. The SMILES string of the molecule is CC(C)Cc1ccc(CCC(=O)N2CCC(C(=O)O)C(C)C2)cc1. The third kappa shape index (κ3) is 5.08. The molecule has 2 atom stereocenters. The number of carboxylic acid groups (broad SMARTS) is 1. The Morgan fingerprint density at radius 3 is 2.38 bits per heavy atom. The Kier molecular flexibility index (Phi) is 6.41. The van der Waals surface area contributed by atoms with Crippen molar-refractivity contribution in [3.05, 3.63) is 35.4 Å². The summed E-state index contributed by atoms with van der Waals surface area (Å²) in [6.45, 7) is 7.46. The first kappa shape index (κ1) is 18.5. The zero-order valence-corrected chi connectivity index (χ0v) is 15.0. The molecule has 0 radical (unpaired) electrons. The molecule has 0 saturated carbocycles. The van der Waals surface area contributed by atoms with Gasteiger partial charge in [-0.3, -0.25) is 9.59 Å². The number of piperidine rings is 1. The Bertz CT molecular complexity index is 565. The van der Waals surface area contributed by atoms with Gasteiger partial charge < -0.3 is 10.0 Å². The van der Waals surface area contributed by atoms with Gasteiger partial charge in [0.25, 0.3) is 0 Å². The average molecular weight is 331 g/mol. The Morgan fingerprint density at radius 1 is 1.21 bits per heavy atom. The molecule has 1 amide bonds. The number of nitrogens with zero attached hydrogens (tertiary/aromatic N) is 1. The van der Waals surface area contributed by atoms with E-state index in [4.69, 9.17) is 5.11 Å². The lowest BCUT2D eigenvalue weighted by Crippen LogP contribution is -2.45. The molecular weight excluding hydrogens is 302 g/mol. The molecule has 24 heavy (non-hydrogen) atoms. The molecule has 1 N–H and O–H groups in total. The van der Waals surface area contributed by atoms with E-state index in [0.29, 0.717) is 31.8 Å². The summed E-state index contributed by atoms with van der Waals surface area (Å²) in [6, 6.07) is 8.54. The lowest BCUT2D eigenvalue weighted by molar-refractivity contribution is -0.148. The van der Waals surface area contributed by atoms with Gasteiger partial charge in [-0.2, -0.15) is 0 Å². The highest BCUT2D eigenvalue weighted by atomic mass is 16.4. The zero-order valence-electron chi connectivity index (χ0n) is 15.0. The van der Waals surface area contributed by atoms with E-state index < -0.39 is 5.97 Å². The summed E-state index contributed by atoms with van der Waals surface area (Å²) >= 11 is 0. The van der Waals surface area contributed by atoms with Crippen molar-refractivity contribution in [1.82, 2.24) is 4.90 Å². The van der Waals surface area contributed by atoms with E-state index in [1.807, 2.05) is 11.8 Å². The second-order valence-corrected chi connectivity index (χ2v) is 7.46. The zero-order chi connectivity index (χ0) is 17.7. The molecule has 2 unspecified atom stereocenters. The van der Waals surface area contributed by atoms with Gasteiger partial charge >= 0.3 is 5.97 Å². The van der Waals surface area contributed by atoms with Crippen molar-refractivity contribution < 1.29 is 14.7 Å². The molecule has 1 aromatic rings. The molecule has 4 heteroatoms. The van der Waals surface area contributed by atoms with Gasteiger partial charge in [0.15, 0.2) is 0 Å². The van der Waals surface area contributed by atoms with E-state index in [1.165, 1.54) is 11.1 Å². The molecule has 0 aromatic heterocycles. The van der Waals surface area contributed by atoms with Crippen molar-refractivity contribution in [1.29, 1.82) is 0 Å². The number of carbonyl (C=O) groups excluding carboxylic acids is 1. The normalized spacial score (nSPS) is 21.1. The summed E-state index contributed by atoms with van der Waals surface area (Å²) < 4.78 is 0. The van der Waals surface area contributed by atoms with Crippen LogP contribution in [0.2, 0.25) is 0 Å².